The molecule has 0 radical (unpaired) electrons. The van der Waals surface area contributed by atoms with Crippen LogP contribution in [0.2, 0.25) is 0 Å². The Bertz CT molecular complexity index is 1390. The molecule has 6 heterocycles. The van der Waals surface area contributed by atoms with Crippen molar-refractivity contribution in [3.63, 3.8) is 0 Å². The van der Waals surface area contributed by atoms with Gasteiger partial charge in [-0.1, -0.05) is 5.10 Å². The van der Waals surface area contributed by atoms with Crippen LogP contribution in [0.4, 0.5) is 10.4 Å². The van der Waals surface area contributed by atoms with E-state index in [4.69, 9.17) is 4.42 Å². The van der Waals surface area contributed by atoms with Gasteiger partial charge in [-0.15, -0.1) is 5.10 Å². The maximum absolute atomic E-state index is 14.3. The third-order valence-corrected chi connectivity index (χ3v) is 5.49. The smallest absolute Gasteiger partial charge is 0.319 e. The van der Waals surface area contributed by atoms with E-state index in [0.717, 1.165) is 29.1 Å². The molecule has 6 rings (SSSR count). The van der Waals surface area contributed by atoms with Crippen molar-refractivity contribution in [3.8, 4) is 11.5 Å². The SMILES string of the molecule is Cc1ccc(-c2nnc(N3CCc4[nH]cnc4[C@@H]3c3cc4c(F)cccn4n3)o2)cn1. The molecule has 1 atom stereocenters. The van der Waals surface area contributed by atoms with Crippen LogP contribution in [0.15, 0.2) is 53.5 Å². The maximum atomic E-state index is 14.3. The minimum absolute atomic E-state index is 0.335. The lowest BCUT2D eigenvalue weighted by Gasteiger charge is -2.32. The molecular formula is C21H17FN8O. The quantitative estimate of drug-likeness (QED) is 0.482. The fourth-order valence-corrected chi connectivity index (χ4v) is 3.96. The molecule has 5 aromatic heterocycles. The summed E-state index contributed by atoms with van der Waals surface area (Å²) in [5.41, 5.74) is 4.53. The second-order valence-corrected chi connectivity index (χ2v) is 7.45. The van der Waals surface area contributed by atoms with E-state index in [1.54, 1.807) is 30.9 Å². The fourth-order valence-electron chi connectivity index (χ4n) is 3.96. The Kier molecular flexibility index (Phi) is 3.85. The van der Waals surface area contributed by atoms with Gasteiger partial charge in [0, 0.05) is 36.7 Å². The monoisotopic (exact) mass is 416 g/mol. The molecule has 0 aliphatic carbocycles. The highest BCUT2D eigenvalue weighted by atomic mass is 19.1. The van der Waals surface area contributed by atoms with Gasteiger partial charge < -0.3 is 14.3 Å². The van der Waals surface area contributed by atoms with Crippen LogP contribution >= 0.6 is 0 Å². The van der Waals surface area contributed by atoms with Gasteiger partial charge in [0.25, 0.3) is 5.89 Å². The number of anilines is 1. The number of H-pyrrole nitrogens is 1. The largest absolute Gasteiger partial charge is 0.403 e. The second-order valence-electron chi connectivity index (χ2n) is 7.45. The molecule has 154 valence electrons. The lowest BCUT2D eigenvalue weighted by Crippen LogP contribution is -2.36. The molecule has 0 unspecified atom stereocenters. The third kappa shape index (κ3) is 2.87. The molecular weight excluding hydrogens is 399 g/mol. The van der Waals surface area contributed by atoms with E-state index < -0.39 is 6.04 Å². The average Bonchev–Trinajstić information content (AvgIpc) is 3.52. The van der Waals surface area contributed by atoms with Gasteiger partial charge in [-0.2, -0.15) is 5.10 Å². The zero-order valence-electron chi connectivity index (χ0n) is 16.5. The van der Waals surface area contributed by atoms with Crippen molar-refractivity contribution in [2.45, 2.75) is 19.4 Å². The first-order chi connectivity index (χ1) is 15.2. The first-order valence-electron chi connectivity index (χ1n) is 9.86. The minimum Gasteiger partial charge on any atom is -0.403 e. The summed E-state index contributed by atoms with van der Waals surface area (Å²) in [5.74, 6) is 0.0490. The number of hydrogen-bond donors (Lipinski definition) is 1. The molecule has 0 bridgehead atoms. The summed E-state index contributed by atoms with van der Waals surface area (Å²) < 4.78 is 21.8. The molecule has 0 saturated carbocycles. The molecule has 10 heteroatoms. The lowest BCUT2D eigenvalue weighted by atomic mass is 10.0. The normalized spacial score (nSPS) is 16.1. The van der Waals surface area contributed by atoms with Crippen molar-refractivity contribution in [1.82, 2.24) is 34.8 Å². The van der Waals surface area contributed by atoms with Crippen LogP contribution in [0.25, 0.3) is 17.0 Å². The fraction of sp³-hybridized carbons (Fsp3) is 0.190. The molecule has 1 aliphatic heterocycles. The summed E-state index contributed by atoms with van der Waals surface area (Å²) in [4.78, 5) is 14.0. The summed E-state index contributed by atoms with van der Waals surface area (Å²) in [7, 11) is 0. The topological polar surface area (TPSA) is 101 Å². The van der Waals surface area contributed by atoms with Crippen LogP contribution in [0, 0.1) is 12.7 Å². The predicted molar refractivity (Wildman–Crippen MR) is 109 cm³/mol. The number of aromatic nitrogens is 7. The summed E-state index contributed by atoms with van der Waals surface area (Å²) in [6.07, 6.45) is 5.82. The molecule has 1 N–H and O–H groups in total. The Balaban J connectivity index is 1.44. The molecule has 9 nitrogen and oxygen atoms in total. The standard InChI is InChI=1S/C21H17FN8O/c1-12-4-5-13(10-23-12)20-26-27-21(31-20)29-8-6-15-18(25-11-24-15)19(29)16-9-17-14(22)3-2-7-30(17)28-16/h2-5,7,9-11,19H,6,8H2,1H3,(H,24,25)/t19-/m0/s1. The Labute approximate surface area is 175 Å². The Morgan fingerprint density at radius 2 is 2.13 bits per heavy atom. The van der Waals surface area contributed by atoms with Crippen molar-refractivity contribution in [3.05, 3.63) is 77.6 Å². The number of nitrogens with one attached hydrogen (secondary N) is 1. The van der Waals surface area contributed by atoms with Gasteiger partial charge in [0.2, 0.25) is 0 Å². The third-order valence-electron chi connectivity index (χ3n) is 5.49. The van der Waals surface area contributed by atoms with Crippen LogP contribution in [0.5, 0.6) is 0 Å². The maximum Gasteiger partial charge on any atom is 0.319 e. The molecule has 0 amide bonds. The van der Waals surface area contributed by atoms with Crippen molar-refractivity contribution < 1.29 is 8.81 Å². The number of halogens is 1. The highest BCUT2D eigenvalue weighted by molar-refractivity contribution is 5.55. The van der Waals surface area contributed by atoms with Crippen LogP contribution < -0.4 is 4.90 Å². The Hall–Kier alpha value is -4.08. The van der Waals surface area contributed by atoms with Crippen molar-refractivity contribution in [2.24, 2.45) is 0 Å². The first kappa shape index (κ1) is 17.8. The van der Waals surface area contributed by atoms with E-state index in [-0.39, 0.29) is 5.82 Å². The Morgan fingerprint density at radius 1 is 1.19 bits per heavy atom. The van der Waals surface area contributed by atoms with E-state index in [0.29, 0.717) is 29.7 Å². The first-order valence-corrected chi connectivity index (χ1v) is 9.86. The molecule has 5 aromatic rings. The molecule has 31 heavy (non-hydrogen) atoms. The number of aromatic amines is 1. The predicted octanol–water partition coefficient (Wildman–Crippen LogP) is 3.10. The molecule has 0 spiro atoms. The van der Waals surface area contributed by atoms with E-state index in [2.05, 4.69) is 30.2 Å². The van der Waals surface area contributed by atoms with Crippen molar-refractivity contribution >= 4 is 11.5 Å². The van der Waals surface area contributed by atoms with Crippen LogP contribution in [-0.4, -0.2) is 41.3 Å². The highest BCUT2D eigenvalue weighted by Crippen LogP contribution is 2.37. The zero-order valence-corrected chi connectivity index (χ0v) is 16.5. The van der Waals surface area contributed by atoms with Gasteiger partial charge in [0.1, 0.15) is 17.4 Å². The summed E-state index contributed by atoms with van der Waals surface area (Å²) in [5, 5.41) is 13.1. The van der Waals surface area contributed by atoms with E-state index >= 15 is 0 Å². The summed E-state index contributed by atoms with van der Waals surface area (Å²) in [6.45, 7) is 2.53. The molecule has 0 aromatic carbocycles. The van der Waals surface area contributed by atoms with Crippen molar-refractivity contribution in [1.29, 1.82) is 0 Å². The molecule has 0 fully saturated rings. The lowest BCUT2D eigenvalue weighted by molar-refractivity contribution is 0.503. The minimum atomic E-state index is -0.390. The van der Waals surface area contributed by atoms with Crippen LogP contribution in [0.1, 0.15) is 28.8 Å². The second kappa shape index (κ2) is 6.73. The number of imidazole rings is 1. The van der Waals surface area contributed by atoms with E-state index in [9.17, 15) is 4.39 Å². The number of nitrogens with zero attached hydrogens (tertiary/aromatic N) is 7. The van der Waals surface area contributed by atoms with Gasteiger partial charge in [0.15, 0.2) is 0 Å². The number of fused-ring (bicyclic) bond motifs is 2. The van der Waals surface area contributed by atoms with Crippen LogP contribution in [-0.2, 0) is 6.42 Å². The van der Waals surface area contributed by atoms with E-state index in [1.807, 2.05) is 24.0 Å². The zero-order chi connectivity index (χ0) is 20.9. The Morgan fingerprint density at radius 3 is 2.97 bits per heavy atom. The number of pyridine rings is 2. The average molecular weight is 416 g/mol. The van der Waals surface area contributed by atoms with Gasteiger partial charge in [0.05, 0.1) is 23.3 Å². The summed E-state index contributed by atoms with van der Waals surface area (Å²) >= 11 is 0. The van der Waals surface area contributed by atoms with Gasteiger partial charge in [-0.05, 0) is 37.3 Å². The number of hydrogen-bond acceptors (Lipinski definition) is 7. The van der Waals surface area contributed by atoms with Crippen LogP contribution in [0.3, 0.4) is 0 Å². The molecule has 0 saturated heterocycles. The number of aryl methyl sites for hydroxylation is 1. The summed E-state index contributed by atoms with van der Waals surface area (Å²) in [6, 6.07) is 8.52. The van der Waals surface area contributed by atoms with Gasteiger partial charge in [-0.25, -0.2) is 13.9 Å². The number of rotatable bonds is 3. The highest BCUT2D eigenvalue weighted by Gasteiger charge is 2.36. The van der Waals surface area contributed by atoms with Crippen molar-refractivity contribution in [2.75, 3.05) is 11.4 Å². The molecule has 1 aliphatic rings. The van der Waals surface area contributed by atoms with E-state index in [1.165, 1.54) is 10.6 Å². The van der Waals surface area contributed by atoms with Gasteiger partial charge in [-0.3, -0.25) is 4.98 Å². The van der Waals surface area contributed by atoms with Gasteiger partial charge >= 0.3 is 6.01 Å².